The fourth-order valence-corrected chi connectivity index (χ4v) is 4.01. The Morgan fingerprint density at radius 1 is 1.17 bits per heavy atom. The first kappa shape index (κ1) is 21.2. The van der Waals surface area contributed by atoms with Crippen LogP contribution in [-0.2, 0) is 14.3 Å². The lowest BCUT2D eigenvalue weighted by Gasteiger charge is -2.27. The SMILES string of the molecule is COc1ccc(/C=C2\SC(=O)N(CCCC(=O)N3CCOCC3)C2=O)cc1OC. The number of hydrogen-bond acceptors (Lipinski definition) is 7. The number of carbonyl (C=O) groups is 3. The Hall–Kier alpha value is -2.52. The predicted molar refractivity (Wildman–Crippen MR) is 109 cm³/mol. The highest BCUT2D eigenvalue weighted by molar-refractivity contribution is 8.18. The van der Waals surface area contributed by atoms with Crippen molar-refractivity contribution in [2.75, 3.05) is 47.1 Å². The minimum atomic E-state index is -0.339. The molecule has 2 fully saturated rings. The van der Waals surface area contributed by atoms with E-state index in [9.17, 15) is 14.4 Å². The van der Waals surface area contributed by atoms with E-state index >= 15 is 0 Å². The molecule has 0 aliphatic carbocycles. The Morgan fingerprint density at radius 2 is 1.90 bits per heavy atom. The van der Waals surface area contributed by atoms with Gasteiger partial charge in [0.15, 0.2) is 11.5 Å². The molecule has 8 nitrogen and oxygen atoms in total. The summed E-state index contributed by atoms with van der Waals surface area (Å²) in [4.78, 5) is 40.4. The number of carbonyl (C=O) groups excluding carboxylic acids is 3. The fourth-order valence-electron chi connectivity index (χ4n) is 3.15. The summed E-state index contributed by atoms with van der Waals surface area (Å²) in [7, 11) is 3.08. The van der Waals surface area contributed by atoms with Gasteiger partial charge in [0, 0.05) is 26.1 Å². The van der Waals surface area contributed by atoms with E-state index in [0.717, 1.165) is 17.3 Å². The predicted octanol–water partition coefficient (Wildman–Crippen LogP) is 2.38. The summed E-state index contributed by atoms with van der Waals surface area (Å²) in [6, 6.07) is 5.27. The number of nitrogens with zero attached hydrogens (tertiary/aromatic N) is 2. The number of hydrogen-bond donors (Lipinski definition) is 0. The van der Waals surface area contributed by atoms with Crippen LogP contribution in [0.15, 0.2) is 23.1 Å². The first-order valence-corrected chi connectivity index (χ1v) is 10.2. The van der Waals surface area contributed by atoms with Crippen LogP contribution >= 0.6 is 11.8 Å². The first-order valence-electron chi connectivity index (χ1n) is 9.36. The second-order valence-corrected chi connectivity index (χ2v) is 7.54. The summed E-state index contributed by atoms with van der Waals surface area (Å²) in [5.74, 6) is 0.819. The van der Waals surface area contributed by atoms with Gasteiger partial charge in [-0.2, -0.15) is 0 Å². The molecule has 0 bridgehead atoms. The van der Waals surface area contributed by atoms with E-state index in [1.54, 1.807) is 36.3 Å². The molecule has 0 radical (unpaired) electrons. The molecule has 29 heavy (non-hydrogen) atoms. The molecular formula is C20H24N2O6S. The van der Waals surface area contributed by atoms with E-state index in [-0.39, 0.29) is 23.6 Å². The van der Waals surface area contributed by atoms with E-state index in [4.69, 9.17) is 14.2 Å². The van der Waals surface area contributed by atoms with Crippen molar-refractivity contribution in [2.45, 2.75) is 12.8 Å². The van der Waals surface area contributed by atoms with Crippen molar-refractivity contribution in [2.24, 2.45) is 0 Å². The molecule has 156 valence electrons. The van der Waals surface area contributed by atoms with Gasteiger partial charge in [-0.3, -0.25) is 19.3 Å². The number of ether oxygens (including phenoxy) is 3. The van der Waals surface area contributed by atoms with Crippen LogP contribution in [0.5, 0.6) is 11.5 Å². The Balaban J connectivity index is 1.59. The van der Waals surface area contributed by atoms with Crippen LogP contribution in [0.1, 0.15) is 18.4 Å². The Morgan fingerprint density at radius 3 is 2.59 bits per heavy atom. The maximum atomic E-state index is 12.6. The third-order valence-electron chi connectivity index (χ3n) is 4.72. The highest BCUT2D eigenvalue weighted by atomic mass is 32.2. The molecule has 0 atom stereocenters. The molecule has 0 spiro atoms. The molecule has 0 unspecified atom stereocenters. The number of imide groups is 1. The molecule has 2 saturated heterocycles. The molecule has 3 amide bonds. The first-order chi connectivity index (χ1) is 14.0. The molecule has 9 heteroatoms. The number of benzene rings is 1. The average Bonchev–Trinajstić information content (AvgIpc) is 3.01. The monoisotopic (exact) mass is 420 g/mol. The van der Waals surface area contributed by atoms with Gasteiger partial charge in [0.1, 0.15) is 0 Å². The van der Waals surface area contributed by atoms with E-state index < -0.39 is 0 Å². The number of morpholine rings is 1. The summed E-state index contributed by atoms with van der Waals surface area (Å²) in [6.45, 7) is 2.51. The highest BCUT2D eigenvalue weighted by Gasteiger charge is 2.34. The quantitative estimate of drug-likeness (QED) is 0.626. The number of amides is 3. The molecule has 2 aliphatic heterocycles. The molecule has 1 aromatic carbocycles. The minimum Gasteiger partial charge on any atom is -0.493 e. The van der Waals surface area contributed by atoms with Gasteiger partial charge in [0.2, 0.25) is 5.91 Å². The lowest BCUT2D eigenvalue weighted by atomic mass is 10.2. The van der Waals surface area contributed by atoms with Crippen molar-refractivity contribution < 1.29 is 28.6 Å². The molecule has 3 rings (SSSR count). The van der Waals surface area contributed by atoms with Gasteiger partial charge in [-0.25, -0.2) is 0 Å². The molecule has 1 aromatic rings. The van der Waals surface area contributed by atoms with Gasteiger partial charge in [-0.15, -0.1) is 0 Å². The fraction of sp³-hybridized carbons (Fsp3) is 0.450. The van der Waals surface area contributed by atoms with Crippen molar-refractivity contribution in [3.63, 3.8) is 0 Å². The molecule has 0 N–H and O–H groups in total. The third-order valence-corrected chi connectivity index (χ3v) is 5.62. The molecular weight excluding hydrogens is 396 g/mol. The van der Waals surface area contributed by atoms with Gasteiger partial charge in [0.05, 0.1) is 32.3 Å². The lowest BCUT2D eigenvalue weighted by molar-refractivity contribution is -0.135. The largest absolute Gasteiger partial charge is 0.493 e. The van der Waals surface area contributed by atoms with Crippen molar-refractivity contribution in [3.05, 3.63) is 28.7 Å². The van der Waals surface area contributed by atoms with Crippen molar-refractivity contribution >= 4 is 34.9 Å². The second-order valence-electron chi connectivity index (χ2n) is 6.54. The second kappa shape index (κ2) is 9.80. The normalized spacial score (nSPS) is 18.5. The van der Waals surface area contributed by atoms with Crippen LogP contribution in [0.4, 0.5) is 4.79 Å². The van der Waals surface area contributed by atoms with Crippen molar-refractivity contribution in [1.82, 2.24) is 9.80 Å². The Kier molecular flexibility index (Phi) is 7.16. The Bertz CT molecular complexity index is 819. The van der Waals surface area contributed by atoms with E-state index in [2.05, 4.69) is 0 Å². The number of rotatable bonds is 7. The zero-order valence-corrected chi connectivity index (χ0v) is 17.3. The average molecular weight is 420 g/mol. The maximum absolute atomic E-state index is 12.6. The van der Waals surface area contributed by atoms with Crippen LogP contribution in [0, 0.1) is 0 Å². The zero-order chi connectivity index (χ0) is 20.8. The van der Waals surface area contributed by atoms with E-state index in [0.29, 0.717) is 55.5 Å². The maximum Gasteiger partial charge on any atom is 0.293 e. The van der Waals surface area contributed by atoms with Crippen molar-refractivity contribution in [3.8, 4) is 11.5 Å². The summed E-state index contributed by atoms with van der Waals surface area (Å²) >= 11 is 0.902. The van der Waals surface area contributed by atoms with Gasteiger partial charge in [-0.1, -0.05) is 6.07 Å². The van der Waals surface area contributed by atoms with E-state index in [1.807, 2.05) is 0 Å². The van der Waals surface area contributed by atoms with Crippen LogP contribution in [-0.4, -0.2) is 73.9 Å². The smallest absolute Gasteiger partial charge is 0.293 e. The topological polar surface area (TPSA) is 85.4 Å². The standard InChI is InChI=1S/C20H24N2O6S/c1-26-15-6-5-14(12-16(15)27-2)13-17-19(24)22(20(25)29-17)7-3-4-18(23)21-8-10-28-11-9-21/h5-6,12-13H,3-4,7-11H2,1-2H3/b17-13-. The zero-order valence-electron chi connectivity index (χ0n) is 16.5. The van der Waals surface area contributed by atoms with E-state index in [1.165, 1.54) is 12.0 Å². The van der Waals surface area contributed by atoms with Crippen LogP contribution in [0.3, 0.4) is 0 Å². The van der Waals surface area contributed by atoms with Crippen molar-refractivity contribution in [1.29, 1.82) is 0 Å². The van der Waals surface area contributed by atoms with Gasteiger partial charge in [-0.05, 0) is 42.0 Å². The summed E-state index contributed by atoms with van der Waals surface area (Å²) < 4.78 is 15.7. The third kappa shape index (κ3) is 5.10. The van der Waals surface area contributed by atoms with Gasteiger partial charge >= 0.3 is 0 Å². The number of methoxy groups -OCH3 is 2. The Labute approximate surface area is 173 Å². The summed E-state index contributed by atoms with van der Waals surface area (Å²) in [5.41, 5.74) is 0.732. The summed E-state index contributed by atoms with van der Waals surface area (Å²) in [5, 5.41) is -0.319. The summed E-state index contributed by atoms with van der Waals surface area (Å²) in [6.07, 6.45) is 2.40. The highest BCUT2D eigenvalue weighted by Crippen LogP contribution is 2.34. The van der Waals surface area contributed by atoms with Crippen LogP contribution in [0.2, 0.25) is 0 Å². The number of thioether (sulfide) groups is 1. The minimum absolute atomic E-state index is 0.0288. The van der Waals surface area contributed by atoms with Crippen LogP contribution < -0.4 is 9.47 Å². The lowest BCUT2D eigenvalue weighted by Crippen LogP contribution is -2.41. The van der Waals surface area contributed by atoms with Gasteiger partial charge in [0.25, 0.3) is 11.1 Å². The molecule has 0 saturated carbocycles. The van der Waals surface area contributed by atoms with Crippen LogP contribution in [0.25, 0.3) is 6.08 Å². The molecule has 2 heterocycles. The van der Waals surface area contributed by atoms with Gasteiger partial charge < -0.3 is 19.1 Å². The molecule has 2 aliphatic rings. The molecule has 0 aromatic heterocycles.